The number of amides is 3. The molecule has 3 aliphatic rings. The third-order valence-corrected chi connectivity index (χ3v) is 14.8. The molecule has 2 saturated heterocycles. The van der Waals surface area contributed by atoms with E-state index in [1.807, 2.05) is 13.8 Å². The Labute approximate surface area is 286 Å². The van der Waals surface area contributed by atoms with Gasteiger partial charge in [-0.3, -0.25) is 20.3 Å². The van der Waals surface area contributed by atoms with Crippen molar-refractivity contribution >= 4 is 89.2 Å². The predicted octanol–water partition coefficient (Wildman–Crippen LogP) is 1.10. The summed E-state index contributed by atoms with van der Waals surface area (Å²) in [5.41, 5.74) is 1.03. The summed E-state index contributed by atoms with van der Waals surface area (Å²) in [6.45, 7) is 11.9. The van der Waals surface area contributed by atoms with E-state index in [4.69, 9.17) is 41.9 Å². The fourth-order valence-electron chi connectivity index (χ4n) is 6.40. The monoisotopic (exact) mass is 724 g/mol. The first kappa shape index (κ1) is 39.8. The Kier molecular flexibility index (Phi) is 16.1. The Balaban J connectivity index is 1.79. The second-order valence-electron chi connectivity index (χ2n) is 11.3. The van der Waals surface area contributed by atoms with E-state index in [1.54, 1.807) is 4.90 Å². The van der Waals surface area contributed by atoms with Crippen molar-refractivity contribution < 1.29 is 37.2 Å². The van der Waals surface area contributed by atoms with E-state index >= 15 is 0 Å². The van der Waals surface area contributed by atoms with Crippen molar-refractivity contribution in [1.82, 2.24) is 35.4 Å². The van der Waals surface area contributed by atoms with Crippen molar-refractivity contribution in [3.63, 3.8) is 0 Å². The van der Waals surface area contributed by atoms with Gasteiger partial charge in [0, 0.05) is 25.6 Å². The summed E-state index contributed by atoms with van der Waals surface area (Å²) in [6, 6.07) is 2.32. The Hall–Kier alpha value is -1.61. The number of rotatable bonds is 16. The van der Waals surface area contributed by atoms with Crippen LogP contribution >= 0.6 is 26.9 Å². The number of guanidine groups is 1. The molecule has 0 spiro atoms. The lowest BCUT2D eigenvalue weighted by Gasteiger charge is -2.49. The highest BCUT2D eigenvalue weighted by atomic mass is 31.1. The number of aliphatic imine (C=N–C) groups is 1. The molecule has 3 heterocycles. The maximum Gasteiger partial charge on any atom is 0.417 e. The average Bonchev–Trinajstić information content (AvgIpc) is 3.59. The minimum Gasteiger partial charge on any atom is -0.428 e. The molecule has 4 unspecified atom stereocenters. The molecule has 3 aliphatic heterocycles. The summed E-state index contributed by atoms with van der Waals surface area (Å²) in [7, 11) is 12.2. The van der Waals surface area contributed by atoms with Crippen LogP contribution in [0.2, 0.25) is 18.1 Å². The summed E-state index contributed by atoms with van der Waals surface area (Å²) < 4.78 is 21.8. The number of carbonyl (C=O) groups excluding carboxylic acids is 4. The van der Waals surface area contributed by atoms with Crippen molar-refractivity contribution in [2.75, 3.05) is 19.6 Å². The fourth-order valence-corrected chi connectivity index (χ4v) is 9.99. The average molecular weight is 724 g/mol. The SMILES string of the molecule is [B]NPOC(=O)NC(=N[C@H]1CCN(CC2=C(C(=O)OPN[B])N3C(=O)C([C@@H](C)O[Si](CC)(CC)CC)[C@H]3[C@H]2C)C1)NC(=O)OPN[B]. The third kappa shape index (κ3) is 9.98. The number of nitrogens with zero attached hydrogens (tertiary/aromatic N) is 3. The number of hydrogen-bond acceptors (Lipinski definition) is 13. The van der Waals surface area contributed by atoms with Crippen LogP contribution in [0.1, 0.15) is 41.0 Å². The number of hydrogen-bond donors (Lipinski definition) is 5. The molecule has 5 N–H and O–H groups in total. The Morgan fingerprint density at radius 1 is 0.979 bits per heavy atom. The third-order valence-electron chi connectivity index (χ3n) is 8.87. The summed E-state index contributed by atoms with van der Waals surface area (Å²) in [6.07, 6.45) is -1.50. The van der Waals surface area contributed by atoms with Gasteiger partial charge >= 0.3 is 18.2 Å². The zero-order valence-electron chi connectivity index (χ0n) is 27.2. The van der Waals surface area contributed by atoms with Gasteiger partial charge < -0.3 is 37.9 Å². The highest BCUT2D eigenvalue weighted by molar-refractivity contribution is 7.32. The first-order chi connectivity index (χ1) is 22.5. The van der Waals surface area contributed by atoms with Gasteiger partial charge in [0.05, 0.1) is 24.1 Å². The zero-order chi connectivity index (χ0) is 34.7. The van der Waals surface area contributed by atoms with Gasteiger partial charge in [-0.15, -0.1) is 0 Å². The molecular weight excluding hydrogens is 682 g/mol. The lowest BCUT2D eigenvalue weighted by atomic mass is 9.77. The Bertz CT molecular complexity index is 1180. The Morgan fingerprint density at radius 2 is 1.53 bits per heavy atom. The highest BCUT2D eigenvalue weighted by Gasteiger charge is 2.61. The summed E-state index contributed by atoms with van der Waals surface area (Å²) >= 11 is 0. The molecule has 3 amide bonds. The minimum absolute atomic E-state index is 0.138. The number of fused-ring (bicyclic) bond motifs is 1. The van der Waals surface area contributed by atoms with Crippen LogP contribution in [0.3, 0.4) is 0 Å². The van der Waals surface area contributed by atoms with E-state index in [2.05, 4.69) is 56.3 Å². The maximum atomic E-state index is 13.7. The molecule has 6 radical (unpaired) electrons. The van der Waals surface area contributed by atoms with Gasteiger partial charge in [-0.05, 0) is 37.0 Å². The van der Waals surface area contributed by atoms with E-state index in [9.17, 15) is 19.2 Å². The van der Waals surface area contributed by atoms with Crippen LogP contribution < -0.4 is 25.6 Å². The first-order valence-electron chi connectivity index (χ1n) is 15.3. The van der Waals surface area contributed by atoms with Gasteiger partial charge in [-0.1, -0.05) is 27.7 Å². The van der Waals surface area contributed by atoms with Crippen molar-refractivity contribution in [3.05, 3.63) is 11.3 Å². The van der Waals surface area contributed by atoms with Crippen LogP contribution in [0.25, 0.3) is 0 Å². The van der Waals surface area contributed by atoms with E-state index in [0.29, 0.717) is 26.1 Å². The number of nitrogens with one attached hydrogen (secondary N) is 5. The van der Waals surface area contributed by atoms with Crippen LogP contribution in [0.15, 0.2) is 16.3 Å². The van der Waals surface area contributed by atoms with Crippen molar-refractivity contribution in [3.8, 4) is 0 Å². The zero-order valence-corrected chi connectivity index (χ0v) is 31.2. The maximum absolute atomic E-state index is 13.7. The molecule has 0 aliphatic carbocycles. The van der Waals surface area contributed by atoms with Gasteiger partial charge in [-0.2, -0.15) is 0 Å². The second kappa shape index (κ2) is 19.0. The van der Waals surface area contributed by atoms with E-state index in [0.717, 1.165) is 23.7 Å². The van der Waals surface area contributed by atoms with Gasteiger partial charge in [0.1, 0.15) is 32.6 Å². The van der Waals surface area contributed by atoms with Crippen LogP contribution in [0.4, 0.5) is 9.59 Å². The molecule has 0 saturated carbocycles. The van der Waals surface area contributed by atoms with Crippen molar-refractivity contribution in [2.45, 2.75) is 77.4 Å². The van der Waals surface area contributed by atoms with E-state index in [-0.39, 0.29) is 47.6 Å². The highest BCUT2D eigenvalue weighted by Crippen LogP contribution is 2.49. The molecule has 2 fully saturated rings. The van der Waals surface area contributed by atoms with Crippen LogP contribution in [-0.4, -0.2) is 110 Å². The Morgan fingerprint density at radius 3 is 2.06 bits per heavy atom. The molecule has 0 aromatic carbocycles. The first-order valence-corrected chi connectivity index (χ1v) is 20.6. The van der Waals surface area contributed by atoms with Crippen LogP contribution in [0.5, 0.6) is 0 Å². The van der Waals surface area contributed by atoms with Crippen LogP contribution in [-0.2, 0) is 27.6 Å². The summed E-state index contributed by atoms with van der Waals surface area (Å²) in [5, 5.41) is 4.75. The molecule has 0 bridgehead atoms. The minimum atomic E-state index is -1.98. The smallest absolute Gasteiger partial charge is 0.417 e. The molecule has 254 valence electrons. The van der Waals surface area contributed by atoms with Crippen LogP contribution in [0, 0.1) is 11.8 Å². The molecule has 0 aromatic rings. The van der Waals surface area contributed by atoms with E-state index < -0.39 is 53.3 Å². The van der Waals surface area contributed by atoms with Crippen molar-refractivity contribution in [1.29, 1.82) is 0 Å². The van der Waals surface area contributed by atoms with Gasteiger partial charge in [-0.25, -0.2) is 19.4 Å². The number of carbonyl (C=O) groups is 4. The summed E-state index contributed by atoms with van der Waals surface area (Å²) in [5.74, 6) is -1.46. The second-order valence-corrected chi connectivity index (χ2v) is 18.1. The lowest BCUT2D eigenvalue weighted by molar-refractivity contribution is -0.161. The number of β-lactam (4-membered cyclic amide) rings is 1. The quantitative estimate of drug-likeness (QED) is 0.0382. The predicted molar refractivity (Wildman–Crippen MR) is 187 cm³/mol. The molecule has 3 rings (SSSR count). The molecular formula is C24H42B3N8O8P3Si. The lowest BCUT2D eigenvalue weighted by Crippen LogP contribution is -2.65. The fraction of sp³-hybridized carbons (Fsp3) is 0.708. The standard InChI is InChI=1S/C24H42B3N8O8P3Si/c1-6-47(7-2,8-3)43-14(5)17-18-13(4)16(19(35(18)20(17)36)21(37)40-44-31-25)12-34-10-9-15(11-34)28-22(29-23(38)41-45-32-26)30-24(39)42-46-33-27/h13-15,17-18,31-33,44-46H,6-12H2,1-5H3,(H2,28,29,30,38,39)/t13-,14+,15-,17?,18+/m0/s1. The molecule has 0 aromatic heterocycles. The van der Waals surface area contributed by atoms with Gasteiger partial charge in [0.25, 0.3) is 0 Å². The molecule has 8 atom stereocenters. The van der Waals surface area contributed by atoms with Gasteiger partial charge in [0.2, 0.25) is 11.9 Å². The molecule has 47 heavy (non-hydrogen) atoms. The normalized spacial score (nSPS) is 23.9. The topological polar surface area (TPSA) is 184 Å². The largest absolute Gasteiger partial charge is 0.428 e. The molecule has 16 nitrogen and oxygen atoms in total. The number of likely N-dealkylation sites (tertiary alicyclic amines) is 1. The summed E-state index contributed by atoms with van der Waals surface area (Å²) in [4.78, 5) is 66.2. The molecule has 23 heteroatoms. The van der Waals surface area contributed by atoms with Gasteiger partial charge in [0.15, 0.2) is 32.3 Å². The van der Waals surface area contributed by atoms with E-state index in [1.165, 1.54) is 0 Å². The van der Waals surface area contributed by atoms with Crippen molar-refractivity contribution in [2.24, 2.45) is 16.8 Å².